The molecule has 38 heavy (non-hydrogen) atoms. The van der Waals surface area contributed by atoms with E-state index >= 15 is 0 Å². The van der Waals surface area contributed by atoms with Crippen LogP contribution in [0.5, 0.6) is 5.75 Å². The van der Waals surface area contributed by atoms with E-state index in [2.05, 4.69) is 15.3 Å². The van der Waals surface area contributed by atoms with Gasteiger partial charge in [0, 0.05) is 29.9 Å². The molecule has 1 amide bonds. The quantitative estimate of drug-likeness (QED) is 0.498. The van der Waals surface area contributed by atoms with Crippen molar-refractivity contribution in [3.05, 3.63) is 66.2 Å². The number of hydrazine groups is 1. The van der Waals surface area contributed by atoms with Gasteiger partial charge in [-0.25, -0.2) is 13.4 Å². The van der Waals surface area contributed by atoms with E-state index < -0.39 is 15.9 Å². The molecular formula is C29H34N4O4S. The molecule has 200 valence electrons. The number of fused-ring (bicyclic) bond motifs is 2. The van der Waals surface area contributed by atoms with E-state index in [0.29, 0.717) is 22.9 Å². The summed E-state index contributed by atoms with van der Waals surface area (Å²) in [5, 5.41) is 3.41. The fourth-order valence-electron chi connectivity index (χ4n) is 6.24. The van der Waals surface area contributed by atoms with E-state index in [-0.39, 0.29) is 17.3 Å². The number of ether oxygens (including phenoxy) is 1. The third kappa shape index (κ3) is 4.42. The number of para-hydroxylation sites is 1. The lowest BCUT2D eigenvalue weighted by molar-refractivity contribution is -0.127. The molecule has 0 spiro atoms. The maximum atomic E-state index is 14.1. The number of methoxy groups -OCH3 is 1. The van der Waals surface area contributed by atoms with Gasteiger partial charge in [0.2, 0.25) is 5.91 Å². The van der Waals surface area contributed by atoms with Gasteiger partial charge in [-0.3, -0.25) is 14.5 Å². The Bertz CT molecular complexity index is 1450. The number of benzene rings is 3. The summed E-state index contributed by atoms with van der Waals surface area (Å²) >= 11 is 0. The second-order valence-corrected chi connectivity index (χ2v) is 12.3. The Labute approximate surface area is 224 Å². The van der Waals surface area contributed by atoms with Crippen molar-refractivity contribution in [1.29, 1.82) is 0 Å². The monoisotopic (exact) mass is 534 g/mol. The van der Waals surface area contributed by atoms with Gasteiger partial charge >= 0.3 is 0 Å². The normalized spacial score (nSPS) is 22.2. The Balaban J connectivity index is 1.28. The molecule has 2 saturated heterocycles. The molecule has 3 aliphatic heterocycles. The molecular weight excluding hydrogens is 500 g/mol. The van der Waals surface area contributed by atoms with E-state index in [1.54, 1.807) is 31.4 Å². The highest BCUT2D eigenvalue weighted by molar-refractivity contribution is 7.93. The summed E-state index contributed by atoms with van der Waals surface area (Å²) in [5.74, 6) is -0.116. The summed E-state index contributed by atoms with van der Waals surface area (Å²) < 4.78 is 35.1. The summed E-state index contributed by atoms with van der Waals surface area (Å²) in [6.07, 6.45) is 4.59. The highest BCUT2D eigenvalue weighted by Gasteiger charge is 2.41. The largest absolute Gasteiger partial charge is 0.496 e. The number of rotatable bonds is 7. The molecule has 0 bridgehead atoms. The number of nitrogens with one attached hydrogen (secondary N) is 1. The molecule has 0 saturated carbocycles. The van der Waals surface area contributed by atoms with Gasteiger partial charge in [0.05, 0.1) is 30.2 Å². The van der Waals surface area contributed by atoms with E-state index in [0.717, 1.165) is 50.0 Å². The zero-order valence-electron chi connectivity index (χ0n) is 21.7. The average Bonchev–Trinajstić information content (AvgIpc) is 3.69. The van der Waals surface area contributed by atoms with Crippen LogP contribution in [0.3, 0.4) is 0 Å². The lowest BCUT2D eigenvalue weighted by Crippen LogP contribution is -2.50. The van der Waals surface area contributed by atoms with Gasteiger partial charge in [-0.1, -0.05) is 42.5 Å². The van der Waals surface area contributed by atoms with Crippen molar-refractivity contribution >= 4 is 32.4 Å². The Kier molecular flexibility index (Phi) is 6.75. The van der Waals surface area contributed by atoms with Gasteiger partial charge in [0.1, 0.15) is 5.75 Å². The molecule has 2 atom stereocenters. The number of hydrogen-bond acceptors (Lipinski definition) is 6. The number of hydrogen-bond donors (Lipinski definition) is 1. The zero-order valence-corrected chi connectivity index (χ0v) is 22.5. The SMILES string of the molecule is COc1ccc(S(=O)(=O)N2CC(C(=O)NN3CCCC3CN3CCCC3)c3ccccc32)c2ccccc12. The van der Waals surface area contributed by atoms with E-state index in [1.807, 2.05) is 36.4 Å². The fraction of sp³-hybridized carbons (Fsp3) is 0.414. The predicted molar refractivity (Wildman–Crippen MR) is 148 cm³/mol. The minimum absolute atomic E-state index is 0.0680. The summed E-state index contributed by atoms with van der Waals surface area (Å²) in [4.78, 5) is 16.3. The number of sulfonamides is 1. The number of carbonyl (C=O) groups excluding carboxylic acids is 1. The van der Waals surface area contributed by atoms with Gasteiger partial charge in [0.15, 0.2) is 0 Å². The van der Waals surface area contributed by atoms with Crippen LogP contribution in [0.25, 0.3) is 10.8 Å². The number of anilines is 1. The number of carbonyl (C=O) groups is 1. The smallest absolute Gasteiger partial charge is 0.264 e. The second kappa shape index (κ2) is 10.2. The number of likely N-dealkylation sites (tertiary alicyclic amines) is 1. The standard InChI is InChI=1S/C29H34N4O4S/c1-37-27-14-15-28(24-12-3-2-11-23(24)27)38(35,36)33-20-25(22-10-4-5-13-26(22)33)29(34)30-32-18-8-9-21(32)19-31-16-6-7-17-31/h2-5,10-15,21,25H,6-9,16-20H2,1H3,(H,30,34). The first-order valence-corrected chi connectivity index (χ1v) is 14.9. The summed E-state index contributed by atoms with van der Waals surface area (Å²) in [6.45, 7) is 4.10. The van der Waals surface area contributed by atoms with Crippen LogP contribution in [0.4, 0.5) is 5.69 Å². The van der Waals surface area contributed by atoms with Crippen LogP contribution in [-0.2, 0) is 14.8 Å². The minimum atomic E-state index is -3.95. The Morgan fingerprint density at radius 2 is 1.68 bits per heavy atom. The number of amides is 1. The van der Waals surface area contributed by atoms with E-state index in [9.17, 15) is 13.2 Å². The Hall–Kier alpha value is -3.14. The molecule has 2 unspecified atom stereocenters. The molecule has 3 aromatic rings. The first-order valence-electron chi connectivity index (χ1n) is 13.4. The third-order valence-electron chi connectivity index (χ3n) is 8.18. The molecule has 3 aromatic carbocycles. The van der Waals surface area contributed by atoms with Gasteiger partial charge in [-0.2, -0.15) is 0 Å². The van der Waals surface area contributed by atoms with Gasteiger partial charge in [-0.05, 0) is 62.5 Å². The first-order chi connectivity index (χ1) is 18.5. The molecule has 3 aliphatic rings. The fourth-order valence-corrected chi connectivity index (χ4v) is 7.95. The van der Waals surface area contributed by atoms with Crippen LogP contribution in [0.1, 0.15) is 37.2 Å². The van der Waals surface area contributed by atoms with Crippen LogP contribution in [0.2, 0.25) is 0 Å². The molecule has 0 aromatic heterocycles. The molecule has 0 aliphatic carbocycles. The predicted octanol–water partition coefficient (Wildman–Crippen LogP) is 3.73. The van der Waals surface area contributed by atoms with Crippen molar-refractivity contribution < 1.29 is 17.9 Å². The highest BCUT2D eigenvalue weighted by atomic mass is 32.2. The highest BCUT2D eigenvalue weighted by Crippen LogP contribution is 2.41. The van der Waals surface area contributed by atoms with E-state index in [4.69, 9.17) is 4.74 Å². The van der Waals surface area contributed by atoms with Gasteiger partial charge in [0.25, 0.3) is 10.0 Å². The van der Waals surface area contributed by atoms with Crippen LogP contribution >= 0.6 is 0 Å². The first kappa shape index (κ1) is 25.2. The Morgan fingerprint density at radius 3 is 2.47 bits per heavy atom. The van der Waals surface area contributed by atoms with Crippen LogP contribution in [0, 0.1) is 0 Å². The lowest BCUT2D eigenvalue weighted by atomic mass is 10.0. The topological polar surface area (TPSA) is 82.2 Å². The molecule has 8 nitrogen and oxygen atoms in total. The maximum Gasteiger partial charge on any atom is 0.264 e. The van der Waals surface area contributed by atoms with Crippen molar-refractivity contribution in [2.45, 2.75) is 42.5 Å². The molecule has 0 radical (unpaired) electrons. The summed E-state index contributed by atoms with van der Waals surface area (Å²) in [5.41, 5.74) is 4.47. The van der Waals surface area contributed by atoms with Gasteiger partial charge in [-0.15, -0.1) is 0 Å². The van der Waals surface area contributed by atoms with Crippen molar-refractivity contribution in [3.8, 4) is 5.75 Å². The maximum absolute atomic E-state index is 14.1. The van der Waals surface area contributed by atoms with Crippen LogP contribution in [0.15, 0.2) is 65.6 Å². The summed E-state index contributed by atoms with van der Waals surface area (Å²) in [6, 6.07) is 18.3. The lowest BCUT2D eigenvalue weighted by Gasteiger charge is -2.29. The van der Waals surface area contributed by atoms with Crippen molar-refractivity contribution in [3.63, 3.8) is 0 Å². The van der Waals surface area contributed by atoms with Gasteiger partial charge < -0.3 is 9.64 Å². The molecule has 3 heterocycles. The Morgan fingerprint density at radius 1 is 0.947 bits per heavy atom. The summed E-state index contributed by atoms with van der Waals surface area (Å²) in [7, 11) is -2.37. The molecule has 9 heteroatoms. The molecule has 1 N–H and O–H groups in total. The van der Waals surface area contributed by atoms with E-state index in [1.165, 1.54) is 17.1 Å². The van der Waals surface area contributed by atoms with Crippen LogP contribution < -0.4 is 14.5 Å². The second-order valence-electron chi connectivity index (χ2n) is 10.4. The minimum Gasteiger partial charge on any atom is -0.496 e. The van der Waals surface area contributed by atoms with Crippen LogP contribution in [-0.4, -0.2) is 70.1 Å². The van der Waals surface area contributed by atoms with Crippen molar-refractivity contribution in [2.75, 3.05) is 44.1 Å². The average molecular weight is 535 g/mol. The van der Waals surface area contributed by atoms with Crippen molar-refractivity contribution in [2.24, 2.45) is 0 Å². The number of nitrogens with zero attached hydrogens (tertiary/aromatic N) is 3. The third-order valence-corrected chi connectivity index (χ3v) is 10.0. The molecule has 6 rings (SSSR count). The molecule has 2 fully saturated rings. The van der Waals surface area contributed by atoms with Crippen molar-refractivity contribution in [1.82, 2.24) is 15.3 Å². The zero-order chi connectivity index (χ0) is 26.3.